The number of carboxylic acids is 1. The van der Waals surface area contributed by atoms with Gasteiger partial charge in [0, 0.05) is 10.6 Å². The molecule has 0 saturated carbocycles. The molecular formula is C15H20ClNO4. The predicted octanol–water partition coefficient (Wildman–Crippen LogP) is 2.65. The number of ether oxygens (including phenoxy) is 1. The maximum atomic E-state index is 12.1. The number of hydrogen-bond donors (Lipinski definition) is 2. The highest BCUT2D eigenvalue weighted by atomic mass is 35.5. The van der Waals surface area contributed by atoms with Gasteiger partial charge in [-0.05, 0) is 25.5 Å². The SMILES string of the molecule is CCCC(C)(NC(=O)Cc1ccc(Cl)cc1OC)C(=O)O. The van der Waals surface area contributed by atoms with Gasteiger partial charge in [-0.3, -0.25) is 4.79 Å². The van der Waals surface area contributed by atoms with Crippen LogP contribution in [0.3, 0.4) is 0 Å². The Morgan fingerprint density at radius 1 is 1.43 bits per heavy atom. The standard InChI is InChI=1S/C15H20ClNO4/c1-4-7-15(2,14(19)20)17-13(18)8-10-5-6-11(16)9-12(10)21-3/h5-6,9H,4,7-8H2,1-3H3,(H,17,18)(H,19,20). The van der Waals surface area contributed by atoms with E-state index in [2.05, 4.69) is 5.32 Å². The minimum Gasteiger partial charge on any atom is -0.496 e. The molecule has 0 aliphatic rings. The lowest BCUT2D eigenvalue weighted by Gasteiger charge is -2.26. The normalized spacial score (nSPS) is 13.3. The number of carboxylic acid groups (broad SMARTS) is 1. The van der Waals surface area contributed by atoms with Crippen molar-refractivity contribution in [2.45, 2.75) is 38.6 Å². The number of methoxy groups -OCH3 is 1. The van der Waals surface area contributed by atoms with Crippen molar-refractivity contribution in [1.82, 2.24) is 5.32 Å². The molecule has 0 aliphatic carbocycles. The number of benzene rings is 1. The molecule has 6 heteroatoms. The average Bonchev–Trinajstić information content (AvgIpc) is 2.40. The Hall–Kier alpha value is -1.75. The van der Waals surface area contributed by atoms with Crippen LogP contribution >= 0.6 is 11.6 Å². The predicted molar refractivity (Wildman–Crippen MR) is 80.8 cm³/mol. The Kier molecular flexibility index (Phi) is 6.03. The Bertz CT molecular complexity index is 532. The summed E-state index contributed by atoms with van der Waals surface area (Å²) in [5, 5.41) is 12.4. The zero-order valence-electron chi connectivity index (χ0n) is 12.4. The minimum atomic E-state index is -1.26. The van der Waals surface area contributed by atoms with Gasteiger partial charge in [0.2, 0.25) is 5.91 Å². The number of carbonyl (C=O) groups excluding carboxylic acids is 1. The first-order valence-corrected chi connectivity index (χ1v) is 7.07. The van der Waals surface area contributed by atoms with Crippen LogP contribution < -0.4 is 10.1 Å². The first kappa shape index (κ1) is 17.3. The van der Waals surface area contributed by atoms with Crippen LogP contribution in [0, 0.1) is 0 Å². The third-order valence-electron chi connectivity index (χ3n) is 3.24. The van der Waals surface area contributed by atoms with Crippen molar-refractivity contribution in [1.29, 1.82) is 0 Å². The summed E-state index contributed by atoms with van der Waals surface area (Å²) >= 11 is 5.86. The van der Waals surface area contributed by atoms with Crippen LogP contribution in [-0.2, 0) is 16.0 Å². The fourth-order valence-electron chi connectivity index (χ4n) is 2.11. The van der Waals surface area contributed by atoms with Crippen LogP contribution in [0.1, 0.15) is 32.3 Å². The molecule has 0 bridgehead atoms. The van der Waals surface area contributed by atoms with Crippen molar-refractivity contribution >= 4 is 23.5 Å². The van der Waals surface area contributed by atoms with Gasteiger partial charge < -0.3 is 15.2 Å². The van der Waals surface area contributed by atoms with E-state index >= 15 is 0 Å². The molecule has 1 amide bonds. The molecule has 0 fully saturated rings. The van der Waals surface area contributed by atoms with Gasteiger partial charge in [0.25, 0.3) is 0 Å². The van der Waals surface area contributed by atoms with E-state index in [1.165, 1.54) is 14.0 Å². The number of halogens is 1. The third-order valence-corrected chi connectivity index (χ3v) is 3.47. The van der Waals surface area contributed by atoms with Crippen LogP contribution in [-0.4, -0.2) is 29.6 Å². The molecule has 0 aliphatic heterocycles. The van der Waals surface area contributed by atoms with E-state index in [4.69, 9.17) is 16.3 Å². The molecule has 21 heavy (non-hydrogen) atoms. The molecule has 1 aromatic rings. The number of amides is 1. The van der Waals surface area contributed by atoms with Gasteiger partial charge in [-0.15, -0.1) is 0 Å². The molecule has 1 unspecified atom stereocenters. The van der Waals surface area contributed by atoms with Gasteiger partial charge in [0.15, 0.2) is 0 Å². The fraction of sp³-hybridized carbons (Fsp3) is 0.467. The Balaban J connectivity index is 2.84. The van der Waals surface area contributed by atoms with E-state index < -0.39 is 11.5 Å². The molecule has 0 spiro atoms. The highest BCUT2D eigenvalue weighted by Gasteiger charge is 2.33. The van der Waals surface area contributed by atoms with Crippen molar-refractivity contribution in [3.63, 3.8) is 0 Å². The topological polar surface area (TPSA) is 75.6 Å². The smallest absolute Gasteiger partial charge is 0.329 e. The van der Waals surface area contributed by atoms with Crippen molar-refractivity contribution < 1.29 is 19.4 Å². The van der Waals surface area contributed by atoms with Gasteiger partial charge in [-0.25, -0.2) is 4.79 Å². The third kappa shape index (κ3) is 4.63. The van der Waals surface area contributed by atoms with Crippen molar-refractivity contribution in [2.75, 3.05) is 7.11 Å². The quantitative estimate of drug-likeness (QED) is 0.811. The minimum absolute atomic E-state index is 0.0346. The summed E-state index contributed by atoms with van der Waals surface area (Å²) in [5.74, 6) is -0.903. The van der Waals surface area contributed by atoms with Gasteiger partial charge in [-0.2, -0.15) is 0 Å². The van der Waals surface area contributed by atoms with E-state index in [1.54, 1.807) is 18.2 Å². The lowest BCUT2D eigenvalue weighted by molar-refractivity contribution is -0.147. The zero-order valence-corrected chi connectivity index (χ0v) is 13.2. The Morgan fingerprint density at radius 3 is 2.62 bits per heavy atom. The fourth-order valence-corrected chi connectivity index (χ4v) is 2.27. The van der Waals surface area contributed by atoms with Gasteiger partial charge >= 0.3 is 5.97 Å². The summed E-state index contributed by atoms with van der Waals surface area (Å²) in [7, 11) is 1.49. The molecule has 116 valence electrons. The number of rotatable bonds is 7. The highest BCUT2D eigenvalue weighted by Crippen LogP contribution is 2.24. The maximum absolute atomic E-state index is 12.1. The number of hydrogen-bond acceptors (Lipinski definition) is 3. The van der Waals surface area contributed by atoms with Crippen molar-refractivity contribution in [2.24, 2.45) is 0 Å². The summed E-state index contributed by atoms with van der Waals surface area (Å²) in [6.07, 6.45) is 1.06. The number of nitrogens with one attached hydrogen (secondary N) is 1. The van der Waals surface area contributed by atoms with Crippen LogP contribution in [0.4, 0.5) is 0 Å². The maximum Gasteiger partial charge on any atom is 0.329 e. The van der Waals surface area contributed by atoms with E-state index in [0.717, 1.165) is 0 Å². The molecule has 0 heterocycles. The zero-order chi connectivity index (χ0) is 16.0. The van der Waals surface area contributed by atoms with Gasteiger partial charge in [0.05, 0.1) is 13.5 Å². The van der Waals surface area contributed by atoms with Crippen molar-refractivity contribution in [3.8, 4) is 5.75 Å². The number of aliphatic carboxylic acids is 1. The van der Waals surface area contributed by atoms with E-state index in [1.807, 2.05) is 6.92 Å². The summed E-state index contributed by atoms with van der Waals surface area (Å²) < 4.78 is 5.17. The molecule has 0 radical (unpaired) electrons. The van der Waals surface area contributed by atoms with Crippen LogP contribution in [0.2, 0.25) is 5.02 Å². The molecule has 5 nitrogen and oxygen atoms in total. The first-order valence-electron chi connectivity index (χ1n) is 6.69. The second-order valence-electron chi connectivity index (χ2n) is 5.07. The molecule has 0 aromatic heterocycles. The number of carbonyl (C=O) groups is 2. The van der Waals surface area contributed by atoms with E-state index in [9.17, 15) is 14.7 Å². The van der Waals surface area contributed by atoms with Crippen molar-refractivity contribution in [3.05, 3.63) is 28.8 Å². The molecule has 1 atom stereocenters. The molecular weight excluding hydrogens is 294 g/mol. The average molecular weight is 314 g/mol. The monoisotopic (exact) mass is 313 g/mol. The summed E-state index contributed by atoms with van der Waals surface area (Å²) in [6, 6.07) is 4.97. The van der Waals surface area contributed by atoms with Gasteiger partial charge in [0.1, 0.15) is 11.3 Å². The highest BCUT2D eigenvalue weighted by molar-refractivity contribution is 6.30. The second-order valence-corrected chi connectivity index (χ2v) is 5.50. The molecule has 2 N–H and O–H groups in total. The molecule has 0 saturated heterocycles. The van der Waals surface area contributed by atoms with E-state index in [0.29, 0.717) is 29.2 Å². The first-order chi connectivity index (χ1) is 9.82. The lowest BCUT2D eigenvalue weighted by Crippen LogP contribution is -2.52. The Labute approximate surface area is 129 Å². The largest absolute Gasteiger partial charge is 0.496 e. The lowest BCUT2D eigenvalue weighted by atomic mass is 9.95. The van der Waals surface area contributed by atoms with Crippen LogP contribution in [0.25, 0.3) is 0 Å². The van der Waals surface area contributed by atoms with Crippen LogP contribution in [0.15, 0.2) is 18.2 Å². The Morgan fingerprint density at radius 2 is 2.10 bits per heavy atom. The van der Waals surface area contributed by atoms with Gasteiger partial charge in [-0.1, -0.05) is 31.0 Å². The van der Waals surface area contributed by atoms with Crippen LogP contribution in [0.5, 0.6) is 5.75 Å². The second kappa shape index (κ2) is 7.31. The van der Waals surface area contributed by atoms with E-state index in [-0.39, 0.29) is 12.3 Å². The molecule has 1 rings (SSSR count). The summed E-state index contributed by atoms with van der Waals surface area (Å²) in [6.45, 7) is 3.38. The molecule has 1 aromatic carbocycles. The summed E-state index contributed by atoms with van der Waals surface area (Å²) in [4.78, 5) is 23.4. The summed E-state index contributed by atoms with van der Waals surface area (Å²) in [5.41, 5.74) is -0.602.